The fourth-order valence-corrected chi connectivity index (χ4v) is 7.68. The van der Waals surface area contributed by atoms with Gasteiger partial charge in [0.2, 0.25) is 0 Å². The molecule has 0 saturated carbocycles. The van der Waals surface area contributed by atoms with Gasteiger partial charge in [-0.1, -0.05) is 146 Å². The molecule has 7 aromatic carbocycles. The number of benzene rings is 7. The van der Waals surface area contributed by atoms with Gasteiger partial charge in [-0.05, 0) is 50.5 Å². The Morgan fingerprint density at radius 3 is 1.76 bits per heavy atom. The van der Waals surface area contributed by atoms with Crippen molar-refractivity contribution >= 4 is 59.8 Å². The van der Waals surface area contributed by atoms with Crippen molar-refractivity contribution < 1.29 is 0 Å². The number of rotatable bonds is 4. The standard InChI is InChI=1S/C45H30N4/c1-2-15-32(16-3-1)43-46-44(48-45(47-43)38-23-11-17-29-12-4-7-20-35(29)38)33-18-10-19-34(28-33)49-39-26-24-30-13-5-8-21-36(30)41(39)42-37-22-9-6-14-31(37)25-27-40(42)49/h1-27,33H,28H2. The molecule has 2 aromatic heterocycles. The first-order valence-electron chi connectivity index (χ1n) is 16.8. The zero-order valence-corrected chi connectivity index (χ0v) is 26.7. The second kappa shape index (κ2) is 11.1. The Morgan fingerprint density at radius 2 is 1.06 bits per heavy atom. The van der Waals surface area contributed by atoms with Crippen LogP contribution in [0.15, 0.2) is 164 Å². The summed E-state index contributed by atoms with van der Waals surface area (Å²) in [6.45, 7) is 0. The molecule has 1 atom stereocenters. The van der Waals surface area contributed by atoms with Gasteiger partial charge in [0.1, 0.15) is 5.82 Å². The fraction of sp³-hybridized carbons (Fsp3) is 0.0444. The molecule has 1 unspecified atom stereocenters. The lowest BCUT2D eigenvalue weighted by atomic mass is 9.96. The van der Waals surface area contributed by atoms with Gasteiger partial charge >= 0.3 is 0 Å². The summed E-state index contributed by atoms with van der Waals surface area (Å²) in [5.74, 6) is 2.12. The summed E-state index contributed by atoms with van der Waals surface area (Å²) < 4.78 is 2.46. The normalized spacial score (nSPS) is 14.7. The van der Waals surface area contributed by atoms with E-state index in [4.69, 9.17) is 15.0 Å². The van der Waals surface area contributed by atoms with Crippen LogP contribution < -0.4 is 0 Å². The molecule has 0 N–H and O–H groups in total. The van der Waals surface area contributed by atoms with Crippen molar-refractivity contribution in [3.05, 3.63) is 170 Å². The third-order valence-corrected chi connectivity index (χ3v) is 9.94. The number of fused-ring (bicyclic) bond motifs is 8. The second-order valence-corrected chi connectivity index (χ2v) is 12.8. The highest BCUT2D eigenvalue weighted by Crippen LogP contribution is 2.43. The van der Waals surface area contributed by atoms with Crippen molar-refractivity contribution in [1.82, 2.24) is 19.5 Å². The molecule has 0 saturated heterocycles. The van der Waals surface area contributed by atoms with Gasteiger partial charge in [0.15, 0.2) is 11.6 Å². The van der Waals surface area contributed by atoms with Gasteiger partial charge in [-0.2, -0.15) is 0 Å². The van der Waals surface area contributed by atoms with Gasteiger partial charge in [0.25, 0.3) is 0 Å². The predicted molar refractivity (Wildman–Crippen MR) is 203 cm³/mol. The first kappa shape index (κ1) is 27.7. The minimum Gasteiger partial charge on any atom is -0.313 e. The topological polar surface area (TPSA) is 43.6 Å². The van der Waals surface area contributed by atoms with Crippen LogP contribution in [0, 0.1) is 0 Å². The first-order valence-corrected chi connectivity index (χ1v) is 16.8. The number of allylic oxidation sites excluding steroid dienone is 4. The van der Waals surface area contributed by atoms with Crippen LogP contribution in [0.3, 0.4) is 0 Å². The molecule has 230 valence electrons. The van der Waals surface area contributed by atoms with E-state index in [-0.39, 0.29) is 5.92 Å². The van der Waals surface area contributed by atoms with Crippen LogP contribution in [-0.2, 0) is 0 Å². The van der Waals surface area contributed by atoms with Crippen molar-refractivity contribution in [1.29, 1.82) is 0 Å². The Bertz CT molecular complexity index is 2710. The average molecular weight is 627 g/mol. The van der Waals surface area contributed by atoms with Gasteiger partial charge in [0.05, 0.1) is 11.0 Å². The molecule has 0 amide bonds. The lowest BCUT2D eigenvalue weighted by Crippen LogP contribution is -2.11. The van der Waals surface area contributed by atoms with E-state index in [2.05, 4.69) is 150 Å². The van der Waals surface area contributed by atoms with Gasteiger partial charge < -0.3 is 4.57 Å². The zero-order valence-electron chi connectivity index (χ0n) is 26.7. The molecule has 0 bridgehead atoms. The van der Waals surface area contributed by atoms with E-state index >= 15 is 0 Å². The van der Waals surface area contributed by atoms with Crippen LogP contribution in [-0.4, -0.2) is 19.5 Å². The highest BCUT2D eigenvalue weighted by Gasteiger charge is 2.24. The molecular formula is C45H30N4. The first-order chi connectivity index (χ1) is 24.3. The van der Waals surface area contributed by atoms with Crippen LogP contribution in [0.1, 0.15) is 18.2 Å². The minimum atomic E-state index is -0.0346. The number of hydrogen-bond acceptors (Lipinski definition) is 3. The molecule has 4 heteroatoms. The Kier molecular flexibility index (Phi) is 6.28. The van der Waals surface area contributed by atoms with Crippen molar-refractivity contribution in [3.8, 4) is 22.8 Å². The summed E-state index contributed by atoms with van der Waals surface area (Å²) >= 11 is 0. The maximum Gasteiger partial charge on any atom is 0.164 e. The van der Waals surface area contributed by atoms with Gasteiger partial charge in [-0.3, -0.25) is 0 Å². The second-order valence-electron chi connectivity index (χ2n) is 12.8. The molecule has 1 aliphatic carbocycles. The zero-order chi connectivity index (χ0) is 32.3. The fourth-order valence-electron chi connectivity index (χ4n) is 7.68. The molecular weight excluding hydrogens is 597 g/mol. The Labute approximate surface area is 283 Å². The van der Waals surface area contributed by atoms with Gasteiger partial charge in [-0.15, -0.1) is 0 Å². The van der Waals surface area contributed by atoms with E-state index in [1.807, 2.05) is 18.2 Å². The summed E-state index contributed by atoms with van der Waals surface area (Å²) in [5.41, 5.74) is 5.62. The monoisotopic (exact) mass is 626 g/mol. The van der Waals surface area contributed by atoms with E-state index < -0.39 is 0 Å². The quantitative estimate of drug-likeness (QED) is 0.195. The summed E-state index contributed by atoms with van der Waals surface area (Å²) in [7, 11) is 0. The molecule has 0 aliphatic heterocycles. The molecule has 4 nitrogen and oxygen atoms in total. The average Bonchev–Trinajstić information content (AvgIpc) is 3.53. The predicted octanol–water partition coefficient (Wildman–Crippen LogP) is 11.4. The number of hydrogen-bond donors (Lipinski definition) is 0. The summed E-state index contributed by atoms with van der Waals surface area (Å²) in [4.78, 5) is 15.4. The Hall–Kier alpha value is -6.39. The maximum absolute atomic E-state index is 5.22. The van der Waals surface area contributed by atoms with Crippen LogP contribution in [0.25, 0.3) is 82.6 Å². The van der Waals surface area contributed by atoms with Crippen LogP contribution in [0.4, 0.5) is 0 Å². The van der Waals surface area contributed by atoms with Crippen LogP contribution >= 0.6 is 0 Å². The van der Waals surface area contributed by atoms with Crippen LogP contribution in [0.2, 0.25) is 0 Å². The van der Waals surface area contributed by atoms with E-state index in [9.17, 15) is 0 Å². The number of aromatic nitrogens is 4. The Morgan fingerprint density at radius 1 is 0.490 bits per heavy atom. The molecule has 0 spiro atoms. The van der Waals surface area contributed by atoms with E-state index in [0.29, 0.717) is 11.6 Å². The lowest BCUT2D eigenvalue weighted by Gasteiger charge is -2.21. The molecule has 0 fully saturated rings. The van der Waals surface area contributed by atoms with Crippen molar-refractivity contribution in [2.24, 2.45) is 0 Å². The van der Waals surface area contributed by atoms with Crippen molar-refractivity contribution in [2.45, 2.75) is 12.3 Å². The lowest BCUT2D eigenvalue weighted by molar-refractivity contribution is 0.758. The van der Waals surface area contributed by atoms with Crippen LogP contribution in [0.5, 0.6) is 0 Å². The number of nitrogens with zero attached hydrogens (tertiary/aromatic N) is 4. The Balaban J connectivity index is 1.16. The van der Waals surface area contributed by atoms with E-state index in [0.717, 1.165) is 34.1 Å². The molecule has 49 heavy (non-hydrogen) atoms. The summed E-state index contributed by atoms with van der Waals surface area (Å²) in [6, 6.07) is 51.5. The molecule has 10 rings (SSSR count). The summed E-state index contributed by atoms with van der Waals surface area (Å²) in [5, 5.41) is 9.92. The van der Waals surface area contributed by atoms with E-state index in [1.54, 1.807) is 0 Å². The van der Waals surface area contributed by atoms with Crippen molar-refractivity contribution in [2.75, 3.05) is 0 Å². The SMILES string of the molecule is C1=CC(c2nc(-c3ccccc3)nc(-c3cccc4ccccc34)n2)CC(n2c3ccc4ccccc4c3c3c4ccccc4ccc32)=C1. The molecule has 2 heterocycles. The van der Waals surface area contributed by atoms with Gasteiger partial charge in [-0.25, -0.2) is 15.0 Å². The van der Waals surface area contributed by atoms with Crippen molar-refractivity contribution in [3.63, 3.8) is 0 Å². The molecule has 0 radical (unpaired) electrons. The van der Waals surface area contributed by atoms with Gasteiger partial charge in [0, 0.05) is 39.9 Å². The smallest absolute Gasteiger partial charge is 0.164 e. The largest absolute Gasteiger partial charge is 0.313 e. The minimum absolute atomic E-state index is 0.0346. The maximum atomic E-state index is 5.22. The highest BCUT2D eigenvalue weighted by atomic mass is 15.0. The highest BCUT2D eigenvalue weighted by molar-refractivity contribution is 6.28. The molecule has 9 aromatic rings. The summed E-state index contributed by atoms with van der Waals surface area (Å²) in [6.07, 6.45) is 7.42. The van der Waals surface area contributed by atoms with E-state index in [1.165, 1.54) is 49.0 Å². The third kappa shape index (κ3) is 4.49. The third-order valence-electron chi connectivity index (χ3n) is 9.94. The molecule has 1 aliphatic rings.